The molecule has 1 aromatic rings. The number of alkyl halides is 9. The van der Waals surface area contributed by atoms with Gasteiger partial charge < -0.3 is 4.18 Å². The number of hydrogen-bond acceptors (Lipinski definition) is 7. The minimum atomic E-state index is -7.68. The second-order valence-electron chi connectivity index (χ2n) is 6.29. The molecular weight excluding hydrogens is 559 g/mol. The molecule has 0 amide bonds. The molecule has 7 nitrogen and oxygen atoms in total. The molecule has 1 aromatic carbocycles. The first-order chi connectivity index (χ1) is 15.0. The molecule has 0 N–H and O–H groups in total. The van der Waals surface area contributed by atoms with Crippen molar-refractivity contribution in [1.29, 1.82) is 0 Å². The third-order valence-electron chi connectivity index (χ3n) is 4.07. The van der Waals surface area contributed by atoms with Gasteiger partial charge in [-0.15, -0.1) is 0 Å². The van der Waals surface area contributed by atoms with Gasteiger partial charge in [-0.05, 0) is 24.1 Å². The first kappa shape index (κ1) is 30.0. The average molecular weight is 572 g/mol. The summed E-state index contributed by atoms with van der Waals surface area (Å²) in [5, 5.41) is -14.4. The van der Waals surface area contributed by atoms with Crippen molar-refractivity contribution in [2.75, 3.05) is 0 Å². The van der Waals surface area contributed by atoms with Gasteiger partial charge in [0.25, 0.3) is 9.84 Å². The van der Waals surface area contributed by atoms with E-state index in [1.165, 1.54) is 0 Å². The average Bonchev–Trinajstić information content (AvgIpc) is 2.66. The molecule has 196 valence electrons. The zero-order valence-corrected chi connectivity index (χ0v) is 18.8. The van der Waals surface area contributed by atoms with Crippen molar-refractivity contribution in [3.63, 3.8) is 0 Å². The molecule has 0 heterocycles. The molecule has 0 saturated heterocycles. The van der Waals surface area contributed by atoms with Gasteiger partial charge in [-0.1, -0.05) is 31.7 Å². The third-order valence-corrected chi connectivity index (χ3v) is 10.6. The summed E-state index contributed by atoms with van der Waals surface area (Å²) in [4.78, 5) is 0. The Bertz CT molecular complexity index is 1240. The second-order valence-corrected chi connectivity index (χ2v) is 12.5. The number of hydrogen-bond donors (Lipinski definition) is 0. The lowest BCUT2D eigenvalue weighted by Gasteiger charge is -2.33. The second kappa shape index (κ2) is 8.89. The molecule has 0 spiro atoms. The van der Waals surface area contributed by atoms with Gasteiger partial charge in [-0.2, -0.15) is 47.9 Å². The lowest BCUT2D eigenvalue weighted by molar-refractivity contribution is -0.245. The molecule has 19 heteroatoms. The fourth-order valence-corrected chi connectivity index (χ4v) is 7.25. The highest BCUT2D eigenvalue weighted by Crippen LogP contribution is 2.53. The van der Waals surface area contributed by atoms with E-state index >= 15 is 0 Å². The molecule has 0 aliphatic carbocycles. The summed E-state index contributed by atoms with van der Waals surface area (Å²) in [5.41, 5.74) is -6.34. The lowest BCUT2D eigenvalue weighted by atomic mass is 10.2. The van der Waals surface area contributed by atoms with Crippen LogP contribution in [0.2, 0.25) is 0 Å². The van der Waals surface area contributed by atoms with E-state index in [1.807, 2.05) is 0 Å². The number of benzene rings is 1. The molecule has 0 aromatic heterocycles. The van der Waals surface area contributed by atoms with Crippen LogP contribution in [0.1, 0.15) is 18.9 Å². The van der Waals surface area contributed by atoms with Gasteiger partial charge in [-0.3, -0.25) is 0 Å². The van der Waals surface area contributed by atoms with Gasteiger partial charge in [0, 0.05) is 0 Å². The predicted octanol–water partition coefficient (Wildman–Crippen LogP) is 3.94. The van der Waals surface area contributed by atoms with Crippen LogP contribution < -0.4 is 4.18 Å². The van der Waals surface area contributed by atoms with Crippen LogP contribution >= 0.6 is 0 Å². The lowest BCUT2D eigenvalue weighted by Crippen LogP contribution is -2.63. The monoisotopic (exact) mass is 572 g/mol. The van der Waals surface area contributed by atoms with Crippen molar-refractivity contribution in [2.24, 2.45) is 0 Å². The van der Waals surface area contributed by atoms with Crippen molar-refractivity contribution in [2.45, 2.75) is 39.9 Å². The summed E-state index contributed by atoms with van der Waals surface area (Å²) in [6.45, 7) is 3.52. The fraction of sp³-hybridized carbons (Fsp3) is 0.467. The molecule has 1 rings (SSSR count). The SMILES string of the molecule is C=Cc1ccc(OS(=O)(=O)C(F)(F)C(F)(F)C(F)(F)S(=O)(=O)C(CC)S(=O)(=O)C(F)(F)F)cc1. The summed E-state index contributed by atoms with van der Waals surface area (Å²) >= 11 is 0. The van der Waals surface area contributed by atoms with Gasteiger partial charge in [-0.25, -0.2) is 16.8 Å². The Labute approximate surface area is 187 Å². The summed E-state index contributed by atoms with van der Waals surface area (Å²) in [7, 11) is -22.0. The fourth-order valence-electron chi connectivity index (χ4n) is 2.26. The minimum Gasteiger partial charge on any atom is -0.378 e. The maximum Gasteiger partial charge on any atom is 0.498 e. The van der Waals surface area contributed by atoms with Crippen molar-refractivity contribution >= 4 is 35.9 Å². The van der Waals surface area contributed by atoms with Crippen LogP contribution in [0, 0.1) is 0 Å². The van der Waals surface area contributed by atoms with E-state index < -0.39 is 68.5 Å². The Morgan fingerprint density at radius 2 is 1.26 bits per heavy atom. The van der Waals surface area contributed by atoms with Crippen LogP contribution in [-0.4, -0.2) is 51.8 Å². The van der Waals surface area contributed by atoms with Gasteiger partial charge in [0.1, 0.15) is 5.75 Å². The summed E-state index contributed by atoms with van der Waals surface area (Å²) in [5.74, 6) is -8.63. The number of sulfone groups is 2. The third kappa shape index (κ3) is 4.60. The van der Waals surface area contributed by atoms with E-state index in [-0.39, 0.29) is 12.5 Å². The molecule has 1 atom stereocenters. The summed E-state index contributed by atoms with van der Waals surface area (Å²) in [6.07, 6.45) is -0.772. The smallest absolute Gasteiger partial charge is 0.378 e. The van der Waals surface area contributed by atoms with Crippen molar-refractivity contribution in [1.82, 2.24) is 0 Å². The van der Waals surface area contributed by atoms with Crippen LogP contribution in [0.25, 0.3) is 6.08 Å². The first-order valence-corrected chi connectivity index (χ1v) is 12.8. The first-order valence-electron chi connectivity index (χ1n) is 8.29. The van der Waals surface area contributed by atoms with E-state index in [4.69, 9.17) is 0 Å². The van der Waals surface area contributed by atoms with Crippen molar-refractivity contribution in [3.8, 4) is 5.75 Å². The molecule has 0 aliphatic heterocycles. The summed E-state index contributed by atoms with van der Waals surface area (Å²) < 4.78 is 192. The van der Waals surface area contributed by atoms with Gasteiger partial charge >= 0.3 is 32.1 Å². The van der Waals surface area contributed by atoms with E-state index in [0.29, 0.717) is 12.1 Å². The Hall–Kier alpha value is -2.02. The maximum absolute atomic E-state index is 14.2. The molecule has 0 radical (unpaired) electrons. The van der Waals surface area contributed by atoms with E-state index in [0.717, 1.165) is 18.2 Å². The molecule has 1 unspecified atom stereocenters. The standard InChI is InChI=1S/C15H13F9O7S3/c1-3-9-5-7-10(8-6-9)31-34(29,30)14(20,21)12(16,17)13(18,19)32(25,26)11(4-2)33(27,28)15(22,23)24/h3,5-8,11H,1,4H2,2H3. The minimum absolute atomic E-state index is 0.232. The topological polar surface area (TPSA) is 112 Å². The highest BCUT2D eigenvalue weighted by Gasteiger charge is 2.84. The zero-order valence-electron chi connectivity index (χ0n) is 16.4. The van der Waals surface area contributed by atoms with E-state index in [9.17, 15) is 64.8 Å². The normalized spacial score (nSPS) is 15.6. The Morgan fingerprint density at radius 3 is 1.62 bits per heavy atom. The van der Waals surface area contributed by atoms with Crippen LogP contribution in [0.4, 0.5) is 39.5 Å². The van der Waals surface area contributed by atoms with Gasteiger partial charge in [0.15, 0.2) is 4.58 Å². The molecule has 0 fully saturated rings. The Morgan fingerprint density at radius 1 is 0.824 bits per heavy atom. The molecule has 0 bridgehead atoms. The van der Waals surface area contributed by atoms with E-state index in [1.54, 1.807) is 0 Å². The highest BCUT2D eigenvalue weighted by atomic mass is 32.3. The van der Waals surface area contributed by atoms with Crippen LogP contribution in [0.3, 0.4) is 0 Å². The maximum atomic E-state index is 14.2. The Balaban J connectivity index is 3.62. The molecule has 34 heavy (non-hydrogen) atoms. The molecular formula is C15H13F9O7S3. The Kier molecular flexibility index (Phi) is 7.84. The van der Waals surface area contributed by atoms with E-state index in [2.05, 4.69) is 10.8 Å². The quantitative estimate of drug-likeness (QED) is 0.309. The van der Waals surface area contributed by atoms with Crippen LogP contribution in [0.5, 0.6) is 5.75 Å². The predicted molar refractivity (Wildman–Crippen MR) is 98.9 cm³/mol. The van der Waals surface area contributed by atoms with Gasteiger partial charge in [0.2, 0.25) is 9.84 Å². The van der Waals surface area contributed by atoms with Crippen LogP contribution in [-0.2, 0) is 29.8 Å². The largest absolute Gasteiger partial charge is 0.498 e. The number of rotatable bonds is 10. The van der Waals surface area contributed by atoms with Crippen molar-refractivity contribution in [3.05, 3.63) is 36.4 Å². The van der Waals surface area contributed by atoms with Crippen LogP contribution in [0.15, 0.2) is 30.8 Å². The van der Waals surface area contributed by atoms with Crippen molar-refractivity contribution < 1.29 is 69.0 Å². The molecule has 0 saturated carbocycles. The highest BCUT2D eigenvalue weighted by molar-refractivity contribution is 8.10. The summed E-state index contributed by atoms with van der Waals surface area (Å²) in [6, 6.07) is 3.11. The number of halogens is 9. The zero-order chi connectivity index (χ0) is 27.2. The van der Waals surface area contributed by atoms with Gasteiger partial charge in [0.05, 0.1) is 0 Å². The molecule has 0 aliphatic rings.